The number of rotatable bonds is 0. The van der Waals surface area contributed by atoms with E-state index < -0.39 is 0 Å². The van der Waals surface area contributed by atoms with Gasteiger partial charge in [0, 0.05) is 12.0 Å². The fraction of sp³-hybridized carbons (Fsp3) is 0.400. The van der Waals surface area contributed by atoms with Crippen LogP contribution in [-0.2, 0) is 23.1 Å². The Morgan fingerprint density at radius 1 is 1.18 bits per heavy atom. The van der Waals surface area contributed by atoms with Crippen molar-refractivity contribution in [2.24, 2.45) is 0 Å². The van der Waals surface area contributed by atoms with E-state index in [4.69, 9.17) is 0 Å². The van der Waals surface area contributed by atoms with Gasteiger partial charge in [0.1, 0.15) is 11.5 Å². The van der Waals surface area contributed by atoms with Gasteiger partial charge in [0.2, 0.25) is 0 Å². The van der Waals surface area contributed by atoms with Crippen LogP contribution < -0.4 is 0 Å². The average molecular weight is 165 g/mol. The molecule has 0 nitrogen and oxygen atoms in total. The van der Waals surface area contributed by atoms with E-state index in [-0.39, 0.29) is 0 Å². The molecule has 2 rings (SSSR count). The molecule has 0 bridgehead atoms. The number of aryl methyl sites for hydroxylation is 1. The van der Waals surface area contributed by atoms with Crippen molar-refractivity contribution >= 4 is 10.9 Å². The second kappa shape index (κ2) is 2.90. The summed E-state index contributed by atoms with van der Waals surface area (Å²) in [5.74, 6) is 2.72. The van der Waals surface area contributed by atoms with Gasteiger partial charge in [-0.3, -0.25) is 0 Å². The summed E-state index contributed by atoms with van der Waals surface area (Å²) in [6.45, 7) is 0. The predicted molar refractivity (Wildman–Crippen MR) is 52.0 cm³/mol. The lowest BCUT2D eigenvalue weighted by Gasteiger charge is -2.14. The van der Waals surface area contributed by atoms with Gasteiger partial charge in [-0.05, 0) is 16.5 Å². The molecule has 1 unspecified atom stereocenters. The lowest BCUT2D eigenvalue weighted by molar-refractivity contribution is 1.07. The molecule has 0 spiro atoms. The Hall–Kier alpha value is -0.430. The molecule has 0 fully saturated rings. The summed E-state index contributed by atoms with van der Waals surface area (Å²) in [6.07, 6.45) is 3.67. The number of fused-ring (bicyclic) bond motifs is 1. The van der Waals surface area contributed by atoms with Crippen LogP contribution in [0.5, 0.6) is 0 Å². The van der Waals surface area contributed by atoms with Crippen molar-refractivity contribution in [3.05, 3.63) is 35.4 Å². The molecular formula is C10H13S+. The van der Waals surface area contributed by atoms with Crippen LogP contribution in [0.3, 0.4) is 0 Å². The van der Waals surface area contributed by atoms with Gasteiger partial charge >= 0.3 is 0 Å². The lowest BCUT2D eigenvalue weighted by Crippen LogP contribution is -2.17. The highest BCUT2D eigenvalue weighted by atomic mass is 32.2. The first kappa shape index (κ1) is 7.23. The molecule has 1 heteroatoms. The molecule has 0 aromatic heterocycles. The quantitative estimate of drug-likeness (QED) is 0.516. The Labute approximate surface area is 71.0 Å². The standard InChI is InChI=1S/C10H13S/c1-11-7-6-9-4-2-3-5-10(9)8-11/h2-5H,6-8H2,1H3/q+1. The van der Waals surface area contributed by atoms with Crippen LogP contribution in [0.4, 0.5) is 0 Å². The molecule has 0 N–H and O–H groups in total. The fourth-order valence-electron chi connectivity index (χ4n) is 1.56. The molecular weight excluding hydrogens is 152 g/mol. The third kappa shape index (κ3) is 1.43. The van der Waals surface area contributed by atoms with Crippen LogP contribution in [0.1, 0.15) is 11.1 Å². The van der Waals surface area contributed by atoms with Gasteiger partial charge in [0.15, 0.2) is 0 Å². The number of benzene rings is 1. The highest BCUT2D eigenvalue weighted by Crippen LogP contribution is 2.19. The Morgan fingerprint density at radius 3 is 2.73 bits per heavy atom. The highest BCUT2D eigenvalue weighted by Gasteiger charge is 2.20. The van der Waals surface area contributed by atoms with E-state index >= 15 is 0 Å². The summed E-state index contributed by atoms with van der Waals surface area (Å²) in [5.41, 5.74) is 3.17. The minimum atomic E-state index is 0.648. The molecule has 0 saturated carbocycles. The molecule has 1 aliphatic rings. The summed E-state index contributed by atoms with van der Waals surface area (Å²) < 4.78 is 0. The smallest absolute Gasteiger partial charge is 0.0620 e. The lowest BCUT2D eigenvalue weighted by atomic mass is 10.1. The summed E-state index contributed by atoms with van der Waals surface area (Å²) >= 11 is 0. The second-order valence-electron chi connectivity index (χ2n) is 3.15. The molecule has 0 aliphatic carbocycles. The van der Waals surface area contributed by atoms with Crippen molar-refractivity contribution in [3.8, 4) is 0 Å². The van der Waals surface area contributed by atoms with Crippen molar-refractivity contribution in [2.75, 3.05) is 12.0 Å². The van der Waals surface area contributed by atoms with E-state index in [9.17, 15) is 0 Å². The monoisotopic (exact) mass is 165 g/mol. The topological polar surface area (TPSA) is 0 Å². The van der Waals surface area contributed by atoms with Gasteiger partial charge < -0.3 is 0 Å². The van der Waals surface area contributed by atoms with E-state index in [1.807, 2.05) is 0 Å². The van der Waals surface area contributed by atoms with E-state index in [2.05, 4.69) is 30.5 Å². The molecule has 0 saturated heterocycles. The molecule has 1 aromatic carbocycles. The van der Waals surface area contributed by atoms with Gasteiger partial charge in [-0.25, -0.2) is 0 Å². The first-order valence-electron chi connectivity index (χ1n) is 4.02. The molecule has 0 amide bonds. The van der Waals surface area contributed by atoms with E-state index in [1.165, 1.54) is 17.9 Å². The van der Waals surface area contributed by atoms with Gasteiger partial charge in [0.05, 0.1) is 6.26 Å². The zero-order valence-electron chi connectivity index (χ0n) is 6.84. The second-order valence-corrected chi connectivity index (χ2v) is 5.41. The van der Waals surface area contributed by atoms with Crippen LogP contribution in [0.15, 0.2) is 24.3 Å². The predicted octanol–water partition coefficient (Wildman–Crippen LogP) is 1.99. The molecule has 1 heterocycles. The Bertz CT molecular complexity index is 255. The van der Waals surface area contributed by atoms with Gasteiger partial charge in [-0.1, -0.05) is 24.3 Å². The average Bonchev–Trinajstić information content (AvgIpc) is 2.04. The molecule has 1 atom stereocenters. The van der Waals surface area contributed by atoms with E-state index in [1.54, 1.807) is 11.1 Å². The van der Waals surface area contributed by atoms with Crippen molar-refractivity contribution in [2.45, 2.75) is 12.2 Å². The molecule has 11 heavy (non-hydrogen) atoms. The Kier molecular flexibility index (Phi) is 1.91. The number of hydrogen-bond acceptors (Lipinski definition) is 0. The molecule has 58 valence electrons. The minimum absolute atomic E-state index is 0.648. The maximum Gasteiger partial charge on any atom is 0.133 e. The van der Waals surface area contributed by atoms with Gasteiger partial charge in [0.25, 0.3) is 0 Å². The third-order valence-corrected chi connectivity index (χ3v) is 3.95. The molecule has 1 aliphatic heterocycles. The first-order valence-corrected chi connectivity index (χ1v) is 5.99. The van der Waals surface area contributed by atoms with Crippen LogP contribution >= 0.6 is 0 Å². The van der Waals surface area contributed by atoms with Crippen molar-refractivity contribution in [3.63, 3.8) is 0 Å². The van der Waals surface area contributed by atoms with Crippen molar-refractivity contribution in [1.29, 1.82) is 0 Å². The van der Waals surface area contributed by atoms with Gasteiger partial charge in [-0.2, -0.15) is 0 Å². The number of hydrogen-bond donors (Lipinski definition) is 0. The maximum absolute atomic E-state index is 2.37. The first-order chi connectivity index (χ1) is 5.36. The van der Waals surface area contributed by atoms with Crippen LogP contribution in [0, 0.1) is 0 Å². The van der Waals surface area contributed by atoms with E-state index in [0.29, 0.717) is 10.9 Å². The van der Waals surface area contributed by atoms with Crippen LogP contribution in [-0.4, -0.2) is 12.0 Å². The highest BCUT2D eigenvalue weighted by molar-refractivity contribution is 7.95. The zero-order valence-corrected chi connectivity index (χ0v) is 7.66. The summed E-state index contributed by atoms with van der Waals surface area (Å²) in [5, 5.41) is 0. The zero-order chi connectivity index (χ0) is 7.68. The molecule has 0 radical (unpaired) electrons. The fourth-order valence-corrected chi connectivity index (χ4v) is 3.09. The Morgan fingerprint density at radius 2 is 1.91 bits per heavy atom. The minimum Gasteiger partial charge on any atom is -0.0620 e. The van der Waals surface area contributed by atoms with Crippen molar-refractivity contribution in [1.82, 2.24) is 0 Å². The SMILES string of the molecule is C[S+]1CCc2ccccc2C1. The summed E-state index contributed by atoms with van der Waals surface area (Å²) in [4.78, 5) is 0. The van der Waals surface area contributed by atoms with Crippen molar-refractivity contribution < 1.29 is 0 Å². The third-order valence-electron chi connectivity index (χ3n) is 2.24. The Balaban J connectivity index is 2.34. The summed E-state index contributed by atoms with van der Waals surface area (Å²) in [7, 11) is 0.648. The maximum atomic E-state index is 2.37. The van der Waals surface area contributed by atoms with Crippen LogP contribution in [0.25, 0.3) is 0 Å². The van der Waals surface area contributed by atoms with E-state index in [0.717, 1.165) is 0 Å². The summed E-state index contributed by atoms with van der Waals surface area (Å²) in [6, 6.07) is 8.85. The normalized spacial score (nSPS) is 22.8. The van der Waals surface area contributed by atoms with Crippen LogP contribution in [0.2, 0.25) is 0 Å². The largest absolute Gasteiger partial charge is 0.133 e. The molecule has 1 aromatic rings. The van der Waals surface area contributed by atoms with Gasteiger partial charge in [-0.15, -0.1) is 0 Å².